The Balaban J connectivity index is 0.00000144. The first-order valence-corrected chi connectivity index (χ1v) is 7.23. The molecular formula is C15H19ClN6. The first kappa shape index (κ1) is 14.9. The van der Waals surface area contributed by atoms with Gasteiger partial charge >= 0.3 is 0 Å². The summed E-state index contributed by atoms with van der Waals surface area (Å²) >= 11 is 0. The number of aromatic nitrogens is 4. The summed E-state index contributed by atoms with van der Waals surface area (Å²) in [7, 11) is 1.93. The number of nitrogens with one attached hydrogen (secondary N) is 1. The van der Waals surface area contributed by atoms with Gasteiger partial charge in [-0.05, 0) is 6.07 Å². The average Bonchev–Trinajstić information content (AvgIpc) is 3.13. The second-order valence-corrected chi connectivity index (χ2v) is 5.42. The molecule has 6 nitrogen and oxygen atoms in total. The van der Waals surface area contributed by atoms with Gasteiger partial charge < -0.3 is 10.2 Å². The lowest BCUT2D eigenvalue weighted by Crippen LogP contribution is -2.43. The molecule has 4 heterocycles. The van der Waals surface area contributed by atoms with Crippen LogP contribution in [0.5, 0.6) is 0 Å². The van der Waals surface area contributed by atoms with Crippen molar-refractivity contribution in [3.8, 4) is 11.1 Å². The molecule has 1 saturated heterocycles. The van der Waals surface area contributed by atoms with E-state index >= 15 is 0 Å². The van der Waals surface area contributed by atoms with E-state index in [9.17, 15) is 0 Å². The largest absolute Gasteiger partial charge is 0.366 e. The molecule has 1 aliphatic heterocycles. The fraction of sp³-hybridized carbons (Fsp3) is 0.333. The summed E-state index contributed by atoms with van der Waals surface area (Å²) in [6, 6.07) is 4.28. The van der Waals surface area contributed by atoms with Crippen molar-refractivity contribution in [2.45, 2.75) is 0 Å². The predicted octanol–water partition coefficient (Wildman–Crippen LogP) is 1.57. The maximum Gasteiger partial charge on any atom is 0.0896 e. The zero-order valence-corrected chi connectivity index (χ0v) is 13.3. The van der Waals surface area contributed by atoms with E-state index < -0.39 is 0 Å². The highest BCUT2D eigenvalue weighted by atomic mass is 35.5. The van der Waals surface area contributed by atoms with Crippen LogP contribution in [0.15, 0.2) is 36.9 Å². The van der Waals surface area contributed by atoms with Crippen LogP contribution in [0, 0.1) is 0 Å². The number of halogens is 1. The minimum atomic E-state index is 0. The van der Waals surface area contributed by atoms with Crippen LogP contribution in [0.1, 0.15) is 0 Å². The summed E-state index contributed by atoms with van der Waals surface area (Å²) in [5, 5.41) is 12.1. The second-order valence-electron chi connectivity index (χ2n) is 5.42. The van der Waals surface area contributed by atoms with Gasteiger partial charge in [0.25, 0.3) is 0 Å². The van der Waals surface area contributed by atoms with Crippen molar-refractivity contribution < 1.29 is 0 Å². The van der Waals surface area contributed by atoms with Crippen LogP contribution in [0.25, 0.3) is 16.6 Å². The summed E-state index contributed by atoms with van der Waals surface area (Å²) in [6.45, 7) is 4.13. The summed E-state index contributed by atoms with van der Waals surface area (Å²) in [5.41, 5.74) is 4.61. The zero-order chi connectivity index (χ0) is 14.2. The molecule has 0 aromatic carbocycles. The number of aryl methyl sites for hydroxylation is 1. The van der Waals surface area contributed by atoms with E-state index in [1.807, 2.05) is 34.8 Å². The molecule has 0 radical (unpaired) electrons. The Morgan fingerprint density at radius 1 is 1.00 bits per heavy atom. The maximum atomic E-state index is 4.51. The number of hydrogen-bond donors (Lipinski definition) is 1. The normalized spacial score (nSPS) is 15.0. The molecule has 1 aliphatic rings. The van der Waals surface area contributed by atoms with Gasteiger partial charge in [-0.3, -0.25) is 4.68 Å². The molecule has 0 amide bonds. The first-order valence-electron chi connectivity index (χ1n) is 7.23. The number of nitrogens with zero attached hydrogens (tertiary/aromatic N) is 5. The van der Waals surface area contributed by atoms with Crippen LogP contribution in [-0.4, -0.2) is 45.6 Å². The monoisotopic (exact) mass is 318 g/mol. The van der Waals surface area contributed by atoms with Crippen LogP contribution in [-0.2, 0) is 7.05 Å². The Bertz CT molecular complexity index is 771. The van der Waals surface area contributed by atoms with Gasteiger partial charge in [0, 0.05) is 56.7 Å². The molecule has 1 N–H and O–H groups in total. The van der Waals surface area contributed by atoms with Crippen molar-refractivity contribution in [3.63, 3.8) is 0 Å². The van der Waals surface area contributed by atoms with Gasteiger partial charge in [-0.25, -0.2) is 4.52 Å². The summed E-state index contributed by atoms with van der Waals surface area (Å²) in [5.74, 6) is 0. The molecule has 116 valence electrons. The molecule has 7 heteroatoms. The van der Waals surface area contributed by atoms with Gasteiger partial charge in [-0.2, -0.15) is 10.2 Å². The lowest BCUT2D eigenvalue weighted by atomic mass is 10.1. The third-order valence-corrected chi connectivity index (χ3v) is 3.99. The van der Waals surface area contributed by atoms with Gasteiger partial charge in [-0.1, -0.05) is 6.07 Å². The SMILES string of the molecule is Cl.Cn1cc(-c2ccc3c(N4CCNCC4)cnn3c2)cn1. The van der Waals surface area contributed by atoms with Crippen LogP contribution < -0.4 is 10.2 Å². The lowest BCUT2D eigenvalue weighted by Gasteiger charge is -2.28. The molecule has 0 unspecified atom stereocenters. The Kier molecular flexibility index (Phi) is 4.04. The van der Waals surface area contributed by atoms with Crippen LogP contribution in [0.2, 0.25) is 0 Å². The molecule has 0 aliphatic carbocycles. The number of pyridine rings is 1. The van der Waals surface area contributed by atoms with Crippen molar-refractivity contribution in [1.29, 1.82) is 0 Å². The molecule has 3 aromatic rings. The summed E-state index contributed by atoms with van der Waals surface area (Å²) < 4.78 is 3.77. The predicted molar refractivity (Wildman–Crippen MR) is 89.7 cm³/mol. The van der Waals surface area contributed by atoms with E-state index in [0.717, 1.165) is 42.8 Å². The van der Waals surface area contributed by atoms with Gasteiger partial charge in [0.05, 0.1) is 23.6 Å². The highest BCUT2D eigenvalue weighted by molar-refractivity contribution is 5.85. The number of piperazine rings is 1. The third-order valence-electron chi connectivity index (χ3n) is 3.99. The van der Waals surface area contributed by atoms with Crippen LogP contribution >= 0.6 is 12.4 Å². The van der Waals surface area contributed by atoms with E-state index in [4.69, 9.17) is 0 Å². The Labute approximate surface area is 135 Å². The number of hydrogen-bond acceptors (Lipinski definition) is 4. The molecular weight excluding hydrogens is 300 g/mol. The molecule has 0 saturated carbocycles. The van der Waals surface area contributed by atoms with E-state index in [1.54, 1.807) is 0 Å². The number of fused-ring (bicyclic) bond motifs is 1. The van der Waals surface area contributed by atoms with Crippen molar-refractivity contribution >= 4 is 23.6 Å². The van der Waals surface area contributed by atoms with Gasteiger partial charge in [-0.15, -0.1) is 12.4 Å². The number of anilines is 1. The molecule has 0 spiro atoms. The molecule has 1 fully saturated rings. The molecule has 0 bridgehead atoms. The Morgan fingerprint density at radius 2 is 1.82 bits per heavy atom. The lowest BCUT2D eigenvalue weighted by molar-refractivity contribution is 0.590. The quantitative estimate of drug-likeness (QED) is 0.779. The van der Waals surface area contributed by atoms with E-state index in [-0.39, 0.29) is 12.4 Å². The van der Waals surface area contributed by atoms with Crippen molar-refractivity contribution in [2.24, 2.45) is 7.05 Å². The minimum Gasteiger partial charge on any atom is -0.366 e. The maximum absolute atomic E-state index is 4.51. The van der Waals surface area contributed by atoms with Gasteiger partial charge in [0.2, 0.25) is 0 Å². The van der Waals surface area contributed by atoms with Crippen molar-refractivity contribution in [3.05, 3.63) is 36.9 Å². The minimum absolute atomic E-state index is 0. The Hall–Kier alpha value is -2.05. The van der Waals surface area contributed by atoms with Crippen LogP contribution in [0.3, 0.4) is 0 Å². The number of rotatable bonds is 2. The van der Waals surface area contributed by atoms with Crippen molar-refractivity contribution in [1.82, 2.24) is 24.7 Å². The third kappa shape index (κ3) is 2.55. The van der Waals surface area contributed by atoms with Crippen LogP contribution in [0.4, 0.5) is 5.69 Å². The highest BCUT2D eigenvalue weighted by Gasteiger charge is 2.15. The second kappa shape index (κ2) is 5.98. The highest BCUT2D eigenvalue weighted by Crippen LogP contribution is 2.25. The van der Waals surface area contributed by atoms with Crippen molar-refractivity contribution in [2.75, 3.05) is 31.1 Å². The molecule has 3 aromatic heterocycles. The standard InChI is InChI=1S/C15H18N6.ClH/c1-19-10-13(8-17-19)12-2-3-14-15(9-18-21(14)11-12)20-6-4-16-5-7-20;/h2-3,8-11,16H,4-7H2,1H3;1H. The van der Waals surface area contributed by atoms with E-state index in [1.165, 1.54) is 5.69 Å². The van der Waals surface area contributed by atoms with E-state index in [0.29, 0.717) is 0 Å². The zero-order valence-electron chi connectivity index (χ0n) is 12.4. The fourth-order valence-electron chi connectivity index (χ4n) is 2.86. The molecule has 4 rings (SSSR count). The van der Waals surface area contributed by atoms with Gasteiger partial charge in [0.1, 0.15) is 0 Å². The topological polar surface area (TPSA) is 50.4 Å². The van der Waals surface area contributed by atoms with Gasteiger partial charge in [0.15, 0.2) is 0 Å². The summed E-state index contributed by atoms with van der Waals surface area (Å²) in [6.07, 6.45) is 7.93. The fourth-order valence-corrected chi connectivity index (χ4v) is 2.86. The first-order chi connectivity index (χ1) is 10.3. The average molecular weight is 319 g/mol. The molecule has 0 atom stereocenters. The van der Waals surface area contributed by atoms with E-state index in [2.05, 4.69) is 38.7 Å². The Morgan fingerprint density at radius 3 is 2.55 bits per heavy atom. The summed E-state index contributed by atoms with van der Waals surface area (Å²) in [4.78, 5) is 2.39. The smallest absolute Gasteiger partial charge is 0.0896 e. The molecule has 22 heavy (non-hydrogen) atoms.